The molecule has 0 amide bonds. The Balaban J connectivity index is 2.37. The summed E-state index contributed by atoms with van der Waals surface area (Å²) in [5.41, 5.74) is 3.76. The van der Waals surface area contributed by atoms with Crippen LogP contribution in [0.15, 0.2) is 29.2 Å². The molecule has 0 unspecified atom stereocenters. The number of rotatable bonds is 4. The highest BCUT2D eigenvalue weighted by atomic mass is 32.2. The maximum Gasteiger partial charge on any atom is 0.123 e. The minimum absolute atomic E-state index is 0.170. The van der Waals surface area contributed by atoms with Gasteiger partial charge in [0.1, 0.15) is 5.82 Å². The van der Waals surface area contributed by atoms with Gasteiger partial charge >= 0.3 is 0 Å². The first kappa shape index (κ1) is 9.55. The topological polar surface area (TPSA) is 27.6 Å². The maximum absolute atomic E-state index is 12.5. The van der Waals surface area contributed by atoms with Crippen LogP contribution in [0, 0.1) is 5.82 Å². The minimum atomic E-state index is -0.170. The smallest absolute Gasteiger partial charge is 0.123 e. The van der Waals surface area contributed by atoms with E-state index in [0.29, 0.717) is 0 Å². The quantitative estimate of drug-likeness (QED) is 0.560. The predicted molar refractivity (Wildman–Crippen MR) is 49.5 cm³/mol. The first-order valence-corrected chi connectivity index (χ1v) is 4.99. The molecule has 0 aliphatic rings. The monoisotopic (exact) mass is 186 g/mol. The van der Waals surface area contributed by atoms with Crippen molar-refractivity contribution in [1.82, 2.24) is 0 Å². The second kappa shape index (κ2) is 5.17. The Morgan fingerprint density at radius 1 is 1.25 bits per heavy atom. The molecule has 0 fully saturated rings. The molecular formula is C9H13FNS+. The van der Waals surface area contributed by atoms with Crippen molar-refractivity contribution < 1.29 is 10.1 Å². The molecule has 1 aromatic carbocycles. The van der Waals surface area contributed by atoms with Gasteiger partial charge in [-0.1, -0.05) is 0 Å². The number of thioether (sulfide) groups is 1. The summed E-state index contributed by atoms with van der Waals surface area (Å²) in [7, 11) is 0. The summed E-state index contributed by atoms with van der Waals surface area (Å²) < 4.78 is 12.5. The molecule has 12 heavy (non-hydrogen) atoms. The van der Waals surface area contributed by atoms with Gasteiger partial charge in [0.25, 0.3) is 0 Å². The van der Waals surface area contributed by atoms with E-state index in [1.807, 2.05) is 12.1 Å². The third kappa shape index (κ3) is 3.24. The van der Waals surface area contributed by atoms with E-state index >= 15 is 0 Å². The molecule has 1 nitrogen and oxygen atoms in total. The van der Waals surface area contributed by atoms with E-state index in [1.54, 1.807) is 11.8 Å². The van der Waals surface area contributed by atoms with Crippen LogP contribution in [-0.2, 0) is 0 Å². The van der Waals surface area contributed by atoms with Crippen molar-refractivity contribution in [3.8, 4) is 0 Å². The van der Waals surface area contributed by atoms with E-state index in [1.165, 1.54) is 12.1 Å². The summed E-state index contributed by atoms with van der Waals surface area (Å²) >= 11 is 1.75. The van der Waals surface area contributed by atoms with Crippen molar-refractivity contribution in [3.63, 3.8) is 0 Å². The van der Waals surface area contributed by atoms with Gasteiger partial charge in [-0.15, -0.1) is 11.8 Å². The van der Waals surface area contributed by atoms with Gasteiger partial charge in [0.05, 0.1) is 6.54 Å². The first-order valence-electron chi connectivity index (χ1n) is 4.00. The zero-order valence-electron chi connectivity index (χ0n) is 6.92. The highest BCUT2D eigenvalue weighted by Gasteiger charge is 1.93. The zero-order chi connectivity index (χ0) is 8.81. The second-order valence-corrected chi connectivity index (χ2v) is 3.68. The maximum atomic E-state index is 12.5. The lowest BCUT2D eigenvalue weighted by molar-refractivity contribution is -0.367. The van der Waals surface area contributed by atoms with Crippen LogP contribution >= 0.6 is 11.8 Å². The van der Waals surface area contributed by atoms with Crippen LogP contribution in [0.25, 0.3) is 0 Å². The number of hydrogen-bond acceptors (Lipinski definition) is 1. The number of hydrogen-bond donors (Lipinski definition) is 1. The molecule has 0 aliphatic heterocycles. The molecule has 0 radical (unpaired) electrons. The van der Waals surface area contributed by atoms with Crippen LogP contribution in [0.4, 0.5) is 4.39 Å². The van der Waals surface area contributed by atoms with Gasteiger partial charge in [0, 0.05) is 17.1 Å². The van der Waals surface area contributed by atoms with E-state index in [4.69, 9.17) is 0 Å². The van der Waals surface area contributed by atoms with Crippen molar-refractivity contribution in [2.24, 2.45) is 0 Å². The van der Waals surface area contributed by atoms with Gasteiger partial charge < -0.3 is 5.73 Å². The summed E-state index contributed by atoms with van der Waals surface area (Å²) in [6.45, 7) is 0.966. The Kier molecular flexibility index (Phi) is 4.11. The molecular weight excluding hydrogens is 173 g/mol. The predicted octanol–water partition coefficient (Wildman–Crippen LogP) is 1.55. The molecule has 0 saturated carbocycles. The fourth-order valence-electron chi connectivity index (χ4n) is 0.823. The highest BCUT2D eigenvalue weighted by molar-refractivity contribution is 7.99. The average molecular weight is 186 g/mol. The summed E-state index contributed by atoms with van der Waals surface area (Å²) in [5.74, 6) is 0.895. The number of benzene rings is 1. The van der Waals surface area contributed by atoms with Gasteiger partial charge in [0.2, 0.25) is 0 Å². The molecule has 3 N–H and O–H groups in total. The van der Waals surface area contributed by atoms with Crippen LogP contribution in [-0.4, -0.2) is 12.3 Å². The molecule has 0 spiro atoms. The van der Waals surface area contributed by atoms with E-state index in [-0.39, 0.29) is 5.82 Å². The molecule has 0 bridgehead atoms. The third-order valence-electron chi connectivity index (χ3n) is 1.48. The van der Waals surface area contributed by atoms with E-state index < -0.39 is 0 Å². The van der Waals surface area contributed by atoms with Crippen molar-refractivity contribution in [1.29, 1.82) is 0 Å². The molecule has 0 heterocycles. The fraction of sp³-hybridized carbons (Fsp3) is 0.333. The lowest BCUT2D eigenvalue weighted by Crippen LogP contribution is -2.50. The van der Waals surface area contributed by atoms with E-state index in [0.717, 1.165) is 23.6 Å². The third-order valence-corrected chi connectivity index (χ3v) is 2.58. The van der Waals surface area contributed by atoms with Crippen LogP contribution in [0.2, 0.25) is 0 Å². The van der Waals surface area contributed by atoms with Crippen LogP contribution in [0.1, 0.15) is 6.42 Å². The molecule has 3 heteroatoms. The van der Waals surface area contributed by atoms with E-state index in [9.17, 15) is 4.39 Å². The van der Waals surface area contributed by atoms with E-state index in [2.05, 4.69) is 5.73 Å². The molecule has 1 rings (SSSR count). The number of halogens is 1. The molecule has 0 saturated heterocycles. The standard InChI is InChI=1S/C9H12FNS/c10-8-2-4-9(5-3-8)12-7-1-6-11/h2-5H,1,6-7,11H2/p+1. The SMILES string of the molecule is [NH3+]CCCSc1ccc(F)cc1. The summed E-state index contributed by atoms with van der Waals surface area (Å²) in [5, 5.41) is 0. The van der Waals surface area contributed by atoms with Crippen LogP contribution < -0.4 is 5.73 Å². The zero-order valence-corrected chi connectivity index (χ0v) is 7.74. The van der Waals surface area contributed by atoms with Crippen LogP contribution in [0.5, 0.6) is 0 Å². The first-order chi connectivity index (χ1) is 5.83. The lowest BCUT2D eigenvalue weighted by Gasteiger charge is -1.98. The molecule has 0 aliphatic carbocycles. The van der Waals surface area contributed by atoms with Crippen molar-refractivity contribution in [2.45, 2.75) is 11.3 Å². The molecule has 0 atom stereocenters. The summed E-state index contributed by atoms with van der Waals surface area (Å²) in [4.78, 5) is 1.13. The van der Waals surface area contributed by atoms with Crippen molar-refractivity contribution in [2.75, 3.05) is 12.3 Å². The normalized spacial score (nSPS) is 10.2. The summed E-state index contributed by atoms with van der Waals surface area (Å²) in [6.07, 6.45) is 1.11. The molecule has 66 valence electrons. The Hall–Kier alpha value is -0.540. The van der Waals surface area contributed by atoms with Gasteiger partial charge in [-0.3, -0.25) is 0 Å². The Labute approximate surface area is 76.2 Å². The largest absolute Gasteiger partial charge is 0.358 e. The van der Waals surface area contributed by atoms with Crippen molar-refractivity contribution >= 4 is 11.8 Å². The lowest BCUT2D eigenvalue weighted by atomic mass is 10.4. The summed E-state index contributed by atoms with van der Waals surface area (Å²) in [6, 6.07) is 6.60. The van der Waals surface area contributed by atoms with Gasteiger partial charge in [0.15, 0.2) is 0 Å². The molecule has 0 aromatic heterocycles. The Morgan fingerprint density at radius 3 is 2.50 bits per heavy atom. The molecule has 1 aromatic rings. The fourth-order valence-corrected chi connectivity index (χ4v) is 1.74. The second-order valence-electron chi connectivity index (χ2n) is 2.51. The van der Waals surface area contributed by atoms with Gasteiger partial charge in [-0.25, -0.2) is 4.39 Å². The Bertz CT molecular complexity index is 222. The average Bonchev–Trinajstić information content (AvgIpc) is 2.09. The van der Waals surface area contributed by atoms with Crippen LogP contribution in [0.3, 0.4) is 0 Å². The van der Waals surface area contributed by atoms with Crippen molar-refractivity contribution in [3.05, 3.63) is 30.1 Å². The Morgan fingerprint density at radius 2 is 1.92 bits per heavy atom. The van der Waals surface area contributed by atoms with Gasteiger partial charge in [-0.05, 0) is 24.3 Å². The minimum Gasteiger partial charge on any atom is -0.358 e. The highest BCUT2D eigenvalue weighted by Crippen LogP contribution is 2.18. The number of quaternary nitrogens is 1. The van der Waals surface area contributed by atoms with Gasteiger partial charge in [-0.2, -0.15) is 0 Å².